The first kappa shape index (κ1) is 28.5. The average Bonchev–Trinajstić information content (AvgIpc) is 2.83. The van der Waals surface area contributed by atoms with Crippen molar-refractivity contribution < 1.29 is 19.1 Å². The fourth-order valence-corrected chi connectivity index (χ4v) is 3.55. The molecule has 188 valence electrons. The second kappa shape index (κ2) is 16.0. The third-order valence-electron chi connectivity index (χ3n) is 4.46. The number of rotatable bonds is 14. The molecule has 2 amide bonds. The van der Waals surface area contributed by atoms with Gasteiger partial charge in [0.1, 0.15) is 11.5 Å². The molecule has 0 unspecified atom stereocenters. The van der Waals surface area contributed by atoms with E-state index in [2.05, 4.69) is 52.9 Å². The summed E-state index contributed by atoms with van der Waals surface area (Å²) in [7, 11) is 0. The number of amides is 2. The largest absolute Gasteiger partial charge is 0.493 e. The summed E-state index contributed by atoms with van der Waals surface area (Å²) in [5.74, 6) is 0.820. The standard InChI is InChI=1S/C25H30Br2N4O4/c1-3-12-34-22-10-8-20(26)14-18(22)16-28-30-24(32)6-5-7-25(33)31-29-17-19-15-21(27)9-11-23(19)35-13-4-2/h8-11,14-17H,3-7,12-13H2,1-2H3,(H,30,32)(H,31,33)/b28-16+,29-17+. The van der Waals surface area contributed by atoms with Crippen LogP contribution >= 0.6 is 31.9 Å². The lowest BCUT2D eigenvalue weighted by atomic mass is 10.2. The van der Waals surface area contributed by atoms with Crippen molar-refractivity contribution in [3.63, 3.8) is 0 Å². The highest BCUT2D eigenvalue weighted by atomic mass is 79.9. The molecule has 35 heavy (non-hydrogen) atoms. The van der Waals surface area contributed by atoms with Crippen molar-refractivity contribution >= 4 is 56.1 Å². The highest BCUT2D eigenvalue weighted by Gasteiger charge is 2.06. The van der Waals surface area contributed by atoms with E-state index in [9.17, 15) is 9.59 Å². The molecule has 0 bridgehead atoms. The van der Waals surface area contributed by atoms with Crippen molar-refractivity contribution in [2.45, 2.75) is 46.0 Å². The van der Waals surface area contributed by atoms with Crippen LogP contribution in [0.3, 0.4) is 0 Å². The molecular formula is C25H30Br2N4O4. The van der Waals surface area contributed by atoms with Gasteiger partial charge in [0.25, 0.3) is 0 Å². The van der Waals surface area contributed by atoms with E-state index in [-0.39, 0.29) is 24.7 Å². The van der Waals surface area contributed by atoms with E-state index in [0.717, 1.165) is 32.9 Å². The Morgan fingerprint density at radius 2 is 1.23 bits per heavy atom. The molecule has 0 fully saturated rings. The fraction of sp³-hybridized carbons (Fsp3) is 0.360. The van der Waals surface area contributed by atoms with E-state index < -0.39 is 0 Å². The molecule has 0 spiro atoms. The molecule has 2 N–H and O–H groups in total. The number of carbonyl (C=O) groups excluding carboxylic acids is 2. The maximum absolute atomic E-state index is 12.0. The number of halogens is 2. The Kier molecular flexibility index (Phi) is 13.1. The van der Waals surface area contributed by atoms with Crippen molar-refractivity contribution in [1.82, 2.24) is 10.9 Å². The lowest BCUT2D eigenvalue weighted by Crippen LogP contribution is -2.20. The lowest BCUT2D eigenvalue weighted by molar-refractivity contribution is -0.122. The number of carbonyl (C=O) groups is 2. The molecule has 0 aliphatic rings. The van der Waals surface area contributed by atoms with Crippen LogP contribution in [-0.4, -0.2) is 37.5 Å². The van der Waals surface area contributed by atoms with Gasteiger partial charge >= 0.3 is 0 Å². The summed E-state index contributed by atoms with van der Waals surface area (Å²) in [6.45, 7) is 5.25. The number of nitrogens with one attached hydrogen (secondary N) is 2. The van der Waals surface area contributed by atoms with Gasteiger partial charge in [-0.3, -0.25) is 9.59 Å². The van der Waals surface area contributed by atoms with E-state index in [0.29, 0.717) is 31.1 Å². The van der Waals surface area contributed by atoms with Crippen molar-refractivity contribution in [1.29, 1.82) is 0 Å². The Labute approximate surface area is 222 Å². The Bertz CT molecular complexity index is 963. The zero-order chi connectivity index (χ0) is 25.5. The first-order chi connectivity index (χ1) is 16.9. The summed E-state index contributed by atoms with van der Waals surface area (Å²) in [6, 6.07) is 11.2. The quantitative estimate of drug-likeness (QED) is 0.216. The zero-order valence-corrected chi connectivity index (χ0v) is 23.0. The Morgan fingerprint density at radius 3 is 1.63 bits per heavy atom. The Hall–Kier alpha value is -2.72. The van der Waals surface area contributed by atoms with E-state index >= 15 is 0 Å². The molecule has 2 rings (SSSR count). The number of ether oxygens (including phenoxy) is 2. The molecular weight excluding hydrogens is 580 g/mol. The minimum absolute atomic E-state index is 0.160. The second-order valence-electron chi connectivity index (χ2n) is 7.50. The van der Waals surface area contributed by atoms with Crippen molar-refractivity contribution in [3.05, 3.63) is 56.5 Å². The molecule has 2 aromatic rings. The smallest absolute Gasteiger partial charge is 0.240 e. The Balaban J connectivity index is 1.76. The third-order valence-corrected chi connectivity index (χ3v) is 5.45. The van der Waals surface area contributed by atoms with Crippen LogP contribution in [0, 0.1) is 0 Å². The van der Waals surface area contributed by atoms with Crippen LogP contribution in [0.5, 0.6) is 11.5 Å². The lowest BCUT2D eigenvalue weighted by Gasteiger charge is -2.08. The second-order valence-corrected chi connectivity index (χ2v) is 9.33. The molecule has 0 aliphatic heterocycles. The van der Waals surface area contributed by atoms with Crippen LogP contribution in [-0.2, 0) is 9.59 Å². The molecule has 0 atom stereocenters. The van der Waals surface area contributed by atoms with Gasteiger partial charge in [-0.1, -0.05) is 45.7 Å². The zero-order valence-electron chi connectivity index (χ0n) is 19.9. The van der Waals surface area contributed by atoms with Gasteiger partial charge < -0.3 is 9.47 Å². The summed E-state index contributed by atoms with van der Waals surface area (Å²) < 4.78 is 13.1. The number of hydrazone groups is 2. The SMILES string of the molecule is CCCOc1ccc(Br)cc1/C=N/NC(=O)CCCC(=O)N/N=C/c1cc(Br)ccc1OCCC. The molecule has 8 nitrogen and oxygen atoms in total. The van der Waals surface area contributed by atoms with Gasteiger partial charge in [-0.25, -0.2) is 10.9 Å². The first-order valence-electron chi connectivity index (χ1n) is 11.4. The monoisotopic (exact) mass is 608 g/mol. The van der Waals surface area contributed by atoms with Gasteiger partial charge in [0, 0.05) is 32.9 Å². The maximum Gasteiger partial charge on any atom is 0.240 e. The highest BCUT2D eigenvalue weighted by Crippen LogP contribution is 2.23. The number of hydrogen-bond acceptors (Lipinski definition) is 6. The number of hydrogen-bond donors (Lipinski definition) is 2. The van der Waals surface area contributed by atoms with Gasteiger partial charge in [-0.15, -0.1) is 0 Å². The summed E-state index contributed by atoms with van der Waals surface area (Å²) in [4.78, 5) is 24.1. The topological polar surface area (TPSA) is 101 Å². The molecule has 0 aromatic heterocycles. The molecule has 2 aromatic carbocycles. The van der Waals surface area contributed by atoms with Crippen molar-refractivity contribution in [2.24, 2.45) is 10.2 Å². The number of nitrogens with zero attached hydrogens (tertiary/aromatic N) is 2. The van der Waals surface area contributed by atoms with Gasteiger partial charge in [-0.05, 0) is 55.7 Å². The maximum atomic E-state index is 12.0. The molecule has 10 heteroatoms. The van der Waals surface area contributed by atoms with Crippen LogP contribution in [0.2, 0.25) is 0 Å². The van der Waals surface area contributed by atoms with Crippen molar-refractivity contribution in [2.75, 3.05) is 13.2 Å². The normalized spacial score (nSPS) is 11.1. The summed E-state index contributed by atoms with van der Waals surface area (Å²) in [5.41, 5.74) is 6.46. The molecule has 0 heterocycles. The van der Waals surface area contributed by atoms with Gasteiger partial charge in [0.2, 0.25) is 11.8 Å². The third kappa shape index (κ3) is 11.0. The molecule has 0 saturated carbocycles. The summed E-state index contributed by atoms with van der Waals surface area (Å²) in [5, 5.41) is 8.01. The predicted molar refractivity (Wildman–Crippen MR) is 145 cm³/mol. The van der Waals surface area contributed by atoms with Crippen LogP contribution in [0.15, 0.2) is 55.5 Å². The van der Waals surface area contributed by atoms with E-state index in [1.807, 2.05) is 50.2 Å². The van der Waals surface area contributed by atoms with Gasteiger partial charge in [-0.2, -0.15) is 10.2 Å². The predicted octanol–water partition coefficient (Wildman–Crippen LogP) is 5.56. The van der Waals surface area contributed by atoms with Crippen LogP contribution in [0.25, 0.3) is 0 Å². The molecule has 0 saturated heterocycles. The molecule has 0 aliphatic carbocycles. The highest BCUT2D eigenvalue weighted by molar-refractivity contribution is 9.10. The van der Waals surface area contributed by atoms with Gasteiger partial charge in [0.05, 0.1) is 25.6 Å². The summed E-state index contributed by atoms with van der Waals surface area (Å²) in [6.07, 6.45) is 5.54. The minimum atomic E-state index is -0.282. The first-order valence-corrected chi connectivity index (χ1v) is 13.0. The van der Waals surface area contributed by atoms with Crippen molar-refractivity contribution in [3.8, 4) is 11.5 Å². The van der Waals surface area contributed by atoms with Gasteiger partial charge in [0.15, 0.2) is 0 Å². The van der Waals surface area contributed by atoms with Crippen LogP contribution in [0.1, 0.15) is 57.1 Å². The van der Waals surface area contributed by atoms with Crippen LogP contribution in [0.4, 0.5) is 0 Å². The number of benzene rings is 2. The molecule has 0 radical (unpaired) electrons. The van der Waals surface area contributed by atoms with E-state index in [4.69, 9.17) is 9.47 Å². The van der Waals surface area contributed by atoms with E-state index in [1.165, 1.54) is 12.4 Å². The Morgan fingerprint density at radius 1 is 0.800 bits per heavy atom. The van der Waals surface area contributed by atoms with E-state index in [1.54, 1.807) is 0 Å². The fourth-order valence-electron chi connectivity index (χ4n) is 2.80. The van der Waals surface area contributed by atoms with Crippen LogP contribution < -0.4 is 20.3 Å². The minimum Gasteiger partial charge on any atom is -0.493 e. The average molecular weight is 610 g/mol. The summed E-state index contributed by atoms with van der Waals surface area (Å²) >= 11 is 6.84.